The van der Waals surface area contributed by atoms with E-state index in [1.54, 1.807) is 13.0 Å². The molecule has 0 spiro atoms. The van der Waals surface area contributed by atoms with Crippen LogP contribution in [0.5, 0.6) is 0 Å². The van der Waals surface area contributed by atoms with E-state index in [0.717, 1.165) is 31.4 Å². The van der Waals surface area contributed by atoms with Crippen molar-refractivity contribution >= 4 is 5.91 Å². The van der Waals surface area contributed by atoms with Crippen molar-refractivity contribution in [1.82, 2.24) is 10.6 Å². The molecule has 18 heavy (non-hydrogen) atoms. The van der Waals surface area contributed by atoms with Crippen LogP contribution < -0.4 is 10.6 Å². The lowest BCUT2D eigenvalue weighted by atomic mass is 10.1. The van der Waals surface area contributed by atoms with Gasteiger partial charge in [0, 0.05) is 13.1 Å². The van der Waals surface area contributed by atoms with E-state index in [2.05, 4.69) is 10.6 Å². The van der Waals surface area contributed by atoms with Gasteiger partial charge in [0.2, 0.25) is 5.91 Å². The van der Waals surface area contributed by atoms with Gasteiger partial charge in [-0.2, -0.15) is 0 Å². The van der Waals surface area contributed by atoms with Crippen molar-refractivity contribution in [3.8, 4) is 0 Å². The molecule has 1 saturated heterocycles. The standard InChI is InChI=1S/C14H19FN2O/c1-10-5-6-11(8-12(10)15)9-17-13-4-2-3-7-16-14(13)18/h5-6,8,13,17H,2-4,7,9H2,1H3,(H,16,18). The number of carbonyl (C=O) groups excluding carboxylic acids is 1. The lowest BCUT2D eigenvalue weighted by molar-refractivity contribution is -0.122. The summed E-state index contributed by atoms with van der Waals surface area (Å²) in [6.45, 7) is 3.02. The highest BCUT2D eigenvalue weighted by atomic mass is 19.1. The first-order valence-electron chi connectivity index (χ1n) is 6.43. The zero-order valence-electron chi connectivity index (χ0n) is 10.6. The highest BCUT2D eigenvalue weighted by Gasteiger charge is 2.19. The topological polar surface area (TPSA) is 41.1 Å². The highest BCUT2D eigenvalue weighted by molar-refractivity contribution is 5.81. The zero-order valence-corrected chi connectivity index (χ0v) is 10.6. The van der Waals surface area contributed by atoms with E-state index in [4.69, 9.17) is 0 Å². The number of amides is 1. The maximum Gasteiger partial charge on any atom is 0.237 e. The van der Waals surface area contributed by atoms with Crippen molar-refractivity contribution in [2.45, 2.75) is 38.8 Å². The van der Waals surface area contributed by atoms with Crippen molar-refractivity contribution < 1.29 is 9.18 Å². The van der Waals surface area contributed by atoms with Gasteiger partial charge in [0.05, 0.1) is 6.04 Å². The van der Waals surface area contributed by atoms with Gasteiger partial charge in [-0.1, -0.05) is 12.1 Å². The number of nitrogens with one attached hydrogen (secondary N) is 2. The Morgan fingerprint density at radius 1 is 1.44 bits per heavy atom. The fourth-order valence-corrected chi connectivity index (χ4v) is 2.12. The second-order valence-corrected chi connectivity index (χ2v) is 4.80. The third-order valence-electron chi connectivity index (χ3n) is 3.32. The molecule has 2 rings (SSSR count). The number of hydrogen-bond donors (Lipinski definition) is 2. The molecule has 1 aromatic carbocycles. The molecule has 1 fully saturated rings. The minimum atomic E-state index is -0.195. The number of hydrogen-bond acceptors (Lipinski definition) is 2. The number of benzene rings is 1. The number of carbonyl (C=O) groups is 1. The van der Waals surface area contributed by atoms with Gasteiger partial charge in [-0.05, 0) is 43.4 Å². The molecule has 1 aromatic rings. The summed E-state index contributed by atoms with van der Waals surface area (Å²) in [7, 11) is 0. The molecule has 1 aliphatic heterocycles. The van der Waals surface area contributed by atoms with E-state index in [9.17, 15) is 9.18 Å². The van der Waals surface area contributed by atoms with Crippen LogP contribution in [0.25, 0.3) is 0 Å². The number of halogens is 1. The van der Waals surface area contributed by atoms with E-state index in [1.165, 1.54) is 6.07 Å². The molecule has 0 bridgehead atoms. The van der Waals surface area contributed by atoms with E-state index >= 15 is 0 Å². The Morgan fingerprint density at radius 2 is 2.28 bits per heavy atom. The van der Waals surface area contributed by atoms with E-state index in [-0.39, 0.29) is 17.8 Å². The van der Waals surface area contributed by atoms with Gasteiger partial charge < -0.3 is 10.6 Å². The number of aryl methyl sites for hydroxylation is 1. The van der Waals surface area contributed by atoms with Crippen LogP contribution in [0, 0.1) is 12.7 Å². The summed E-state index contributed by atoms with van der Waals surface area (Å²) in [6.07, 6.45) is 2.92. The van der Waals surface area contributed by atoms with E-state index in [0.29, 0.717) is 12.1 Å². The van der Waals surface area contributed by atoms with Crippen LogP contribution >= 0.6 is 0 Å². The van der Waals surface area contributed by atoms with Gasteiger partial charge in [-0.25, -0.2) is 4.39 Å². The van der Waals surface area contributed by atoms with Crippen molar-refractivity contribution in [2.24, 2.45) is 0 Å². The first-order chi connectivity index (χ1) is 8.66. The minimum absolute atomic E-state index is 0.0556. The highest BCUT2D eigenvalue weighted by Crippen LogP contribution is 2.10. The molecule has 98 valence electrons. The van der Waals surface area contributed by atoms with Crippen LogP contribution in [-0.2, 0) is 11.3 Å². The maximum absolute atomic E-state index is 13.4. The Labute approximate surface area is 107 Å². The Kier molecular flexibility index (Phi) is 4.31. The summed E-state index contributed by atoms with van der Waals surface area (Å²) in [5, 5.41) is 6.07. The van der Waals surface area contributed by atoms with Crippen molar-refractivity contribution in [3.05, 3.63) is 35.1 Å². The number of rotatable bonds is 3. The van der Waals surface area contributed by atoms with Crippen LogP contribution in [0.1, 0.15) is 30.4 Å². The van der Waals surface area contributed by atoms with E-state index in [1.807, 2.05) is 6.07 Å². The average Bonchev–Trinajstić information content (AvgIpc) is 2.56. The van der Waals surface area contributed by atoms with Gasteiger partial charge in [-0.15, -0.1) is 0 Å². The molecule has 1 heterocycles. The van der Waals surface area contributed by atoms with E-state index < -0.39 is 0 Å². The van der Waals surface area contributed by atoms with Crippen molar-refractivity contribution in [1.29, 1.82) is 0 Å². The predicted molar refractivity (Wildman–Crippen MR) is 68.6 cm³/mol. The molecule has 1 unspecified atom stereocenters. The molecule has 0 aromatic heterocycles. The summed E-state index contributed by atoms with van der Waals surface area (Å²) in [5.41, 5.74) is 1.51. The molecular weight excluding hydrogens is 231 g/mol. The van der Waals surface area contributed by atoms with Crippen LogP contribution in [-0.4, -0.2) is 18.5 Å². The normalized spacial score (nSPS) is 20.3. The molecule has 4 heteroatoms. The first-order valence-corrected chi connectivity index (χ1v) is 6.43. The first kappa shape index (κ1) is 13.0. The monoisotopic (exact) mass is 250 g/mol. The largest absolute Gasteiger partial charge is 0.355 e. The Balaban J connectivity index is 1.93. The van der Waals surface area contributed by atoms with Gasteiger partial charge in [0.15, 0.2) is 0 Å². The van der Waals surface area contributed by atoms with Crippen LogP contribution in [0.3, 0.4) is 0 Å². The van der Waals surface area contributed by atoms with Gasteiger partial charge in [0.1, 0.15) is 5.82 Å². The van der Waals surface area contributed by atoms with Gasteiger partial charge in [0.25, 0.3) is 0 Å². The maximum atomic E-state index is 13.4. The fraction of sp³-hybridized carbons (Fsp3) is 0.500. The molecule has 3 nitrogen and oxygen atoms in total. The lowest BCUT2D eigenvalue weighted by Gasteiger charge is -2.15. The second kappa shape index (κ2) is 5.96. The SMILES string of the molecule is Cc1ccc(CNC2CCCCNC2=O)cc1F. The molecule has 0 saturated carbocycles. The van der Waals surface area contributed by atoms with Gasteiger partial charge >= 0.3 is 0 Å². The molecule has 1 aliphatic rings. The third-order valence-corrected chi connectivity index (χ3v) is 3.32. The summed E-state index contributed by atoms with van der Waals surface area (Å²) < 4.78 is 13.4. The quantitative estimate of drug-likeness (QED) is 0.860. The Morgan fingerprint density at radius 3 is 3.06 bits per heavy atom. The lowest BCUT2D eigenvalue weighted by Crippen LogP contribution is -2.42. The molecule has 0 radical (unpaired) electrons. The summed E-state index contributed by atoms with van der Waals surface area (Å²) in [6, 6.07) is 5.02. The van der Waals surface area contributed by atoms with Crippen LogP contribution in [0.4, 0.5) is 4.39 Å². The summed E-state index contributed by atoms with van der Waals surface area (Å²) in [4.78, 5) is 11.7. The fourth-order valence-electron chi connectivity index (χ4n) is 2.12. The minimum Gasteiger partial charge on any atom is -0.355 e. The Bertz CT molecular complexity index is 434. The van der Waals surface area contributed by atoms with Crippen molar-refractivity contribution in [2.75, 3.05) is 6.54 Å². The predicted octanol–water partition coefficient (Wildman–Crippen LogP) is 1.89. The molecular formula is C14H19FN2O. The smallest absolute Gasteiger partial charge is 0.237 e. The van der Waals surface area contributed by atoms with Crippen LogP contribution in [0.15, 0.2) is 18.2 Å². The zero-order chi connectivity index (χ0) is 13.0. The average molecular weight is 250 g/mol. The molecule has 1 amide bonds. The van der Waals surface area contributed by atoms with Crippen molar-refractivity contribution in [3.63, 3.8) is 0 Å². The molecule has 1 atom stereocenters. The molecule has 0 aliphatic carbocycles. The Hall–Kier alpha value is -1.42. The third kappa shape index (κ3) is 3.29. The van der Waals surface area contributed by atoms with Gasteiger partial charge in [-0.3, -0.25) is 4.79 Å². The molecule has 2 N–H and O–H groups in total. The summed E-state index contributed by atoms with van der Waals surface area (Å²) >= 11 is 0. The summed E-state index contributed by atoms with van der Waals surface area (Å²) in [5.74, 6) is -0.139. The second-order valence-electron chi connectivity index (χ2n) is 4.80. The van der Waals surface area contributed by atoms with Crippen LogP contribution in [0.2, 0.25) is 0 Å².